The lowest BCUT2D eigenvalue weighted by Gasteiger charge is -2.03. The third kappa shape index (κ3) is 1.91. The number of imidazole rings is 1. The zero-order chi connectivity index (χ0) is 13.6. The number of fused-ring (bicyclic) bond motifs is 1. The van der Waals surface area contributed by atoms with E-state index in [1.165, 1.54) is 12.1 Å². The smallest absolute Gasteiger partial charge is 0.144 e. The van der Waals surface area contributed by atoms with Crippen LogP contribution in [-0.4, -0.2) is 19.3 Å². The van der Waals surface area contributed by atoms with Gasteiger partial charge in [-0.1, -0.05) is 0 Å². The summed E-state index contributed by atoms with van der Waals surface area (Å²) in [6.45, 7) is 4.14. The van der Waals surface area contributed by atoms with Crippen LogP contribution in [0.15, 0.2) is 30.6 Å². The first-order valence-electron chi connectivity index (χ1n) is 6.23. The van der Waals surface area contributed by atoms with Crippen LogP contribution < -0.4 is 0 Å². The molecule has 0 radical (unpaired) electrons. The minimum absolute atomic E-state index is 0.268. The van der Waals surface area contributed by atoms with Gasteiger partial charge in [0, 0.05) is 25.4 Å². The van der Waals surface area contributed by atoms with Gasteiger partial charge in [-0.2, -0.15) is 5.10 Å². The van der Waals surface area contributed by atoms with Gasteiger partial charge in [0.2, 0.25) is 0 Å². The molecule has 0 amide bonds. The van der Waals surface area contributed by atoms with E-state index in [1.54, 1.807) is 12.3 Å². The van der Waals surface area contributed by atoms with Crippen molar-refractivity contribution in [3.05, 3.63) is 36.4 Å². The Hall–Kier alpha value is -2.17. The van der Waals surface area contributed by atoms with E-state index in [1.807, 2.05) is 22.5 Å². The minimum atomic E-state index is -0.268. The Bertz CT molecular complexity index is 739. The first kappa shape index (κ1) is 11.9. The van der Waals surface area contributed by atoms with E-state index < -0.39 is 0 Å². The van der Waals surface area contributed by atoms with E-state index in [9.17, 15) is 4.39 Å². The maximum absolute atomic E-state index is 13.2. The highest BCUT2D eigenvalue weighted by atomic mass is 19.1. The molecule has 1 aromatic carbocycles. The predicted molar refractivity (Wildman–Crippen MR) is 72.3 cm³/mol. The molecule has 2 aromatic heterocycles. The van der Waals surface area contributed by atoms with E-state index in [0.717, 1.165) is 16.9 Å². The monoisotopic (exact) mass is 258 g/mol. The van der Waals surface area contributed by atoms with E-state index in [2.05, 4.69) is 23.9 Å². The maximum Gasteiger partial charge on any atom is 0.144 e. The molecule has 0 aliphatic carbocycles. The summed E-state index contributed by atoms with van der Waals surface area (Å²) in [6, 6.07) is 4.95. The number of hydrogen-bond donors (Lipinski definition) is 0. The molecule has 19 heavy (non-hydrogen) atoms. The highest BCUT2D eigenvalue weighted by Gasteiger charge is 2.12. The van der Waals surface area contributed by atoms with Crippen LogP contribution in [0.25, 0.3) is 22.4 Å². The van der Waals surface area contributed by atoms with E-state index >= 15 is 0 Å². The highest BCUT2D eigenvalue weighted by molar-refractivity contribution is 5.80. The quantitative estimate of drug-likeness (QED) is 0.707. The second-order valence-corrected chi connectivity index (χ2v) is 4.93. The maximum atomic E-state index is 13.2. The summed E-state index contributed by atoms with van der Waals surface area (Å²) >= 11 is 0. The molecule has 0 bridgehead atoms. The highest BCUT2D eigenvalue weighted by Crippen LogP contribution is 2.24. The van der Waals surface area contributed by atoms with E-state index in [4.69, 9.17) is 0 Å². The zero-order valence-corrected chi connectivity index (χ0v) is 11.1. The summed E-state index contributed by atoms with van der Waals surface area (Å²) in [6.07, 6.45) is 3.75. The van der Waals surface area contributed by atoms with Gasteiger partial charge < -0.3 is 4.57 Å². The molecule has 0 saturated heterocycles. The summed E-state index contributed by atoms with van der Waals surface area (Å²) in [5.41, 5.74) is 2.51. The van der Waals surface area contributed by atoms with Crippen LogP contribution in [0, 0.1) is 5.82 Å². The van der Waals surface area contributed by atoms with Crippen molar-refractivity contribution < 1.29 is 4.39 Å². The third-order valence-corrected chi connectivity index (χ3v) is 3.23. The van der Waals surface area contributed by atoms with Gasteiger partial charge in [0.1, 0.15) is 11.6 Å². The molecule has 2 heterocycles. The normalized spacial score (nSPS) is 11.6. The van der Waals surface area contributed by atoms with Gasteiger partial charge in [0.05, 0.1) is 22.8 Å². The van der Waals surface area contributed by atoms with Crippen LogP contribution in [0.4, 0.5) is 4.39 Å². The molecule has 3 rings (SSSR count). The third-order valence-electron chi connectivity index (χ3n) is 3.23. The Labute approximate surface area is 110 Å². The van der Waals surface area contributed by atoms with Gasteiger partial charge >= 0.3 is 0 Å². The van der Waals surface area contributed by atoms with Gasteiger partial charge in [0.15, 0.2) is 0 Å². The summed E-state index contributed by atoms with van der Waals surface area (Å²) < 4.78 is 17.1. The Kier molecular flexibility index (Phi) is 2.62. The van der Waals surface area contributed by atoms with Crippen molar-refractivity contribution in [3.63, 3.8) is 0 Å². The van der Waals surface area contributed by atoms with Crippen molar-refractivity contribution in [2.24, 2.45) is 7.05 Å². The number of aromatic nitrogens is 4. The molecular weight excluding hydrogens is 243 g/mol. The van der Waals surface area contributed by atoms with E-state index in [0.29, 0.717) is 11.6 Å². The average molecular weight is 258 g/mol. The van der Waals surface area contributed by atoms with Gasteiger partial charge in [0.25, 0.3) is 0 Å². The number of aryl methyl sites for hydroxylation is 1. The molecule has 0 aliphatic heterocycles. The first-order chi connectivity index (χ1) is 9.06. The number of benzene rings is 1. The molecule has 0 unspecified atom stereocenters. The molecule has 0 fully saturated rings. The van der Waals surface area contributed by atoms with Crippen molar-refractivity contribution in [1.82, 2.24) is 19.3 Å². The summed E-state index contributed by atoms with van der Waals surface area (Å²) in [5, 5.41) is 4.31. The van der Waals surface area contributed by atoms with Crippen molar-refractivity contribution in [1.29, 1.82) is 0 Å². The van der Waals surface area contributed by atoms with Crippen LogP contribution in [0.2, 0.25) is 0 Å². The van der Waals surface area contributed by atoms with Gasteiger partial charge in [-0.05, 0) is 26.0 Å². The van der Waals surface area contributed by atoms with Crippen LogP contribution in [0.3, 0.4) is 0 Å². The molecule has 0 aliphatic rings. The number of rotatable bonds is 2. The Morgan fingerprint density at radius 3 is 2.74 bits per heavy atom. The number of hydrogen-bond acceptors (Lipinski definition) is 2. The lowest BCUT2D eigenvalue weighted by molar-refractivity contribution is 0.532. The van der Waals surface area contributed by atoms with Gasteiger partial charge in [-0.15, -0.1) is 0 Å². The zero-order valence-electron chi connectivity index (χ0n) is 11.1. The molecule has 0 saturated carbocycles. The molecule has 98 valence electrons. The average Bonchev–Trinajstić information content (AvgIpc) is 2.94. The topological polar surface area (TPSA) is 35.6 Å². The second kappa shape index (κ2) is 4.19. The van der Waals surface area contributed by atoms with Crippen LogP contribution >= 0.6 is 0 Å². The fraction of sp³-hybridized carbons (Fsp3) is 0.286. The molecule has 4 nitrogen and oxygen atoms in total. The van der Waals surface area contributed by atoms with Crippen LogP contribution in [0.1, 0.15) is 19.9 Å². The molecule has 5 heteroatoms. The summed E-state index contributed by atoms with van der Waals surface area (Å²) in [5.74, 6) is 0.530. The van der Waals surface area contributed by atoms with Crippen molar-refractivity contribution in [2.75, 3.05) is 0 Å². The molecule has 0 spiro atoms. The fourth-order valence-corrected chi connectivity index (χ4v) is 2.17. The lowest BCUT2D eigenvalue weighted by Crippen LogP contribution is -1.99. The molecular formula is C14H15FN4. The Morgan fingerprint density at radius 1 is 1.26 bits per heavy atom. The SMILES string of the molecule is CC(C)n1cc(-c2nc3cc(F)ccc3n2C)cn1. The van der Waals surface area contributed by atoms with Gasteiger partial charge in [-0.3, -0.25) is 4.68 Å². The number of halogens is 1. The standard InChI is InChI=1S/C14H15FN4/c1-9(2)19-8-10(7-16-19)14-17-12-6-11(15)4-5-13(12)18(14)3/h4-9H,1-3H3. The predicted octanol–water partition coefficient (Wildman–Crippen LogP) is 3.16. The largest absolute Gasteiger partial charge is 0.327 e. The Morgan fingerprint density at radius 2 is 2.05 bits per heavy atom. The van der Waals surface area contributed by atoms with E-state index in [-0.39, 0.29) is 5.82 Å². The molecule has 0 atom stereocenters. The van der Waals surface area contributed by atoms with Crippen LogP contribution in [0.5, 0.6) is 0 Å². The van der Waals surface area contributed by atoms with Crippen molar-refractivity contribution >= 4 is 11.0 Å². The Balaban J connectivity index is 2.16. The first-order valence-corrected chi connectivity index (χ1v) is 6.23. The second-order valence-electron chi connectivity index (χ2n) is 4.93. The summed E-state index contributed by atoms with van der Waals surface area (Å²) in [4.78, 5) is 4.49. The molecule has 0 N–H and O–H groups in total. The summed E-state index contributed by atoms with van der Waals surface area (Å²) in [7, 11) is 1.93. The minimum Gasteiger partial charge on any atom is -0.327 e. The molecule has 3 aromatic rings. The van der Waals surface area contributed by atoms with Gasteiger partial charge in [-0.25, -0.2) is 9.37 Å². The van der Waals surface area contributed by atoms with Crippen LogP contribution in [-0.2, 0) is 7.05 Å². The lowest BCUT2D eigenvalue weighted by atomic mass is 10.3. The number of nitrogens with zero attached hydrogens (tertiary/aromatic N) is 4. The fourth-order valence-electron chi connectivity index (χ4n) is 2.17. The van der Waals surface area contributed by atoms with Crippen molar-refractivity contribution in [3.8, 4) is 11.4 Å². The van der Waals surface area contributed by atoms with Crippen molar-refractivity contribution in [2.45, 2.75) is 19.9 Å².